The SMILES string of the molecule is C=C(CO)c1cc2c(cc1F)c(=O)c(C(=O)O)cn2-c1nccs1. The molecule has 0 saturated carbocycles. The van der Waals surface area contributed by atoms with Gasteiger partial charge in [0.2, 0.25) is 5.43 Å². The minimum Gasteiger partial charge on any atom is -0.477 e. The number of aromatic carboxylic acids is 1. The summed E-state index contributed by atoms with van der Waals surface area (Å²) in [4.78, 5) is 27.8. The Balaban J connectivity index is 2.47. The quantitative estimate of drug-likeness (QED) is 0.756. The highest BCUT2D eigenvalue weighted by Gasteiger charge is 2.19. The molecule has 2 aromatic heterocycles. The number of hydrogen-bond acceptors (Lipinski definition) is 5. The van der Waals surface area contributed by atoms with E-state index in [1.165, 1.54) is 28.2 Å². The van der Waals surface area contributed by atoms with E-state index in [4.69, 9.17) is 0 Å². The van der Waals surface area contributed by atoms with Crippen LogP contribution in [0.3, 0.4) is 0 Å². The lowest BCUT2D eigenvalue weighted by molar-refractivity contribution is 0.0695. The van der Waals surface area contributed by atoms with Crippen molar-refractivity contribution in [1.29, 1.82) is 0 Å². The van der Waals surface area contributed by atoms with Gasteiger partial charge < -0.3 is 10.2 Å². The van der Waals surface area contributed by atoms with Crippen molar-refractivity contribution in [2.24, 2.45) is 0 Å². The smallest absolute Gasteiger partial charge is 0.341 e. The molecule has 0 atom stereocenters. The van der Waals surface area contributed by atoms with Gasteiger partial charge in [-0.25, -0.2) is 14.2 Å². The molecule has 0 bridgehead atoms. The molecule has 0 unspecified atom stereocenters. The van der Waals surface area contributed by atoms with Crippen molar-refractivity contribution in [3.63, 3.8) is 0 Å². The maximum Gasteiger partial charge on any atom is 0.341 e. The number of hydrogen-bond donors (Lipinski definition) is 2. The predicted octanol–water partition coefficient (Wildman–Crippen LogP) is 2.29. The van der Waals surface area contributed by atoms with Crippen molar-refractivity contribution in [2.75, 3.05) is 6.61 Å². The van der Waals surface area contributed by atoms with Crippen molar-refractivity contribution in [2.45, 2.75) is 0 Å². The minimum atomic E-state index is -1.41. The molecule has 0 radical (unpaired) electrons. The molecule has 24 heavy (non-hydrogen) atoms. The molecule has 2 N–H and O–H groups in total. The Kier molecular flexibility index (Phi) is 4.00. The Morgan fingerprint density at radius 1 is 1.38 bits per heavy atom. The highest BCUT2D eigenvalue weighted by molar-refractivity contribution is 7.12. The van der Waals surface area contributed by atoms with Crippen LogP contribution in [0.4, 0.5) is 4.39 Å². The van der Waals surface area contributed by atoms with Gasteiger partial charge in [0.1, 0.15) is 11.4 Å². The molecule has 3 rings (SSSR count). The third-order valence-corrected chi connectivity index (χ3v) is 4.29. The van der Waals surface area contributed by atoms with E-state index < -0.39 is 29.4 Å². The van der Waals surface area contributed by atoms with Crippen molar-refractivity contribution >= 4 is 33.8 Å². The summed E-state index contributed by atoms with van der Waals surface area (Å²) in [5.74, 6) is -2.16. The summed E-state index contributed by atoms with van der Waals surface area (Å²) < 4.78 is 15.7. The van der Waals surface area contributed by atoms with Crippen LogP contribution in [0, 0.1) is 5.82 Å². The van der Waals surface area contributed by atoms with E-state index in [9.17, 15) is 24.2 Å². The molecule has 0 aliphatic rings. The summed E-state index contributed by atoms with van der Waals surface area (Å²) in [6, 6.07) is 2.32. The van der Waals surface area contributed by atoms with Gasteiger partial charge in [0.25, 0.3) is 0 Å². The first kappa shape index (κ1) is 16.0. The van der Waals surface area contributed by atoms with E-state index in [2.05, 4.69) is 11.6 Å². The number of carbonyl (C=O) groups is 1. The molecule has 3 aromatic rings. The third kappa shape index (κ3) is 2.51. The Morgan fingerprint density at radius 2 is 2.12 bits per heavy atom. The average Bonchev–Trinajstić information content (AvgIpc) is 3.08. The second-order valence-corrected chi connectivity index (χ2v) is 5.85. The van der Waals surface area contributed by atoms with Crippen LogP contribution < -0.4 is 5.43 Å². The van der Waals surface area contributed by atoms with Crippen molar-refractivity contribution in [3.05, 3.63) is 63.7 Å². The number of carboxylic acid groups (broad SMARTS) is 1. The van der Waals surface area contributed by atoms with E-state index in [0.29, 0.717) is 5.13 Å². The molecule has 1 aromatic carbocycles. The van der Waals surface area contributed by atoms with Gasteiger partial charge in [-0.2, -0.15) is 0 Å². The first-order chi connectivity index (χ1) is 11.4. The van der Waals surface area contributed by atoms with Crippen LogP contribution in [0.15, 0.2) is 41.3 Å². The van der Waals surface area contributed by atoms with Gasteiger partial charge in [-0.05, 0) is 17.7 Å². The molecule has 0 fully saturated rings. The predicted molar refractivity (Wildman–Crippen MR) is 88.3 cm³/mol. The molecule has 0 aliphatic heterocycles. The summed E-state index contributed by atoms with van der Waals surface area (Å²) in [6.45, 7) is 3.14. The summed E-state index contributed by atoms with van der Waals surface area (Å²) >= 11 is 1.23. The summed E-state index contributed by atoms with van der Waals surface area (Å²) in [6.07, 6.45) is 2.69. The van der Waals surface area contributed by atoms with Gasteiger partial charge in [-0.15, -0.1) is 11.3 Å². The molecule has 0 aliphatic carbocycles. The van der Waals surface area contributed by atoms with Crippen LogP contribution in [0.1, 0.15) is 15.9 Å². The summed E-state index contributed by atoms with van der Waals surface area (Å²) in [5, 5.41) is 20.4. The molecule has 0 spiro atoms. The number of rotatable bonds is 4. The van der Waals surface area contributed by atoms with E-state index in [1.807, 2.05) is 0 Å². The lowest BCUT2D eigenvalue weighted by Gasteiger charge is -2.12. The lowest BCUT2D eigenvalue weighted by atomic mass is 10.0. The topological polar surface area (TPSA) is 92.4 Å². The van der Waals surface area contributed by atoms with Gasteiger partial charge in [0.15, 0.2) is 5.13 Å². The number of halogens is 1. The van der Waals surface area contributed by atoms with Gasteiger partial charge in [-0.3, -0.25) is 9.36 Å². The van der Waals surface area contributed by atoms with Gasteiger partial charge in [-0.1, -0.05) is 6.58 Å². The van der Waals surface area contributed by atoms with Gasteiger partial charge >= 0.3 is 5.97 Å². The number of pyridine rings is 1. The van der Waals surface area contributed by atoms with E-state index in [1.54, 1.807) is 5.38 Å². The second-order valence-electron chi connectivity index (χ2n) is 4.97. The monoisotopic (exact) mass is 346 g/mol. The third-order valence-electron chi connectivity index (χ3n) is 3.52. The van der Waals surface area contributed by atoms with E-state index >= 15 is 0 Å². The Labute approximate surface area is 138 Å². The number of aliphatic hydroxyl groups is 1. The first-order valence-electron chi connectivity index (χ1n) is 6.75. The number of aliphatic hydroxyl groups excluding tert-OH is 1. The van der Waals surface area contributed by atoms with Crippen LogP contribution in [0.5, 0.6) is 0 Å². The standard InChI is InChI=1S/C16H11FN2O4S/c1-8(7-20)9-5-13-10(4-12(9)17)14(21)11(15(22)23)6-19(13)16-18-2-3-24-16/h2-6,20H,1,7H2,(H,22,23). The van der Waals surface area contributed by atoms with E-state index in [-0.39, 0.29) is 22.0 Å². The van der Waals surface area contributed by atoms with Crippen LogP contribution in [-0.4, -0.2) is 32.3 Å². The van der Waals surface area contributed by atoms with Crippen LogP contribution >= 0.6 is 11.3 Å². The summed E-state index contributed by atoms with van der Waals surface area (Å²) in [7, 11) is 0. The van der Waals surface area contributed by atoms with Crippen LogP contribution in [0.2, 0.25) is 0 Å². The van der Waals surface area contributed by atoms with Gasteiger partial charge in [0, 0.05) is 28.7 Å². The Bertz CT molecular complexity index is 1020. The Morgan fingerprint density at radius 3 is 2.71 bits per heavy atom. The average molecular weight is 346 g/mol. The molecule has 0 amide bonds. The van der Waals surface area contributed by atoms with Crippen molar-refractivity contribution in [1.82, 2.24) is 9.55 Å². The lowest BCUT2D eigenvalue weighted by Crippen LogP contribution is -2.19. The number of aromatic nitrogens is 2. The molecular formula is C16H11FN2O4S. The molecule has 122 valence electrons. The zero-order chi connectivity index (χ0) is 17.4. The number of thiazole rings is 1. The number of benzene rings is 1. The molecule has 0 saturated heterocycles. The largest absolute Gasteiger partial charge is 0.477 e. The Hall–Kier alpha value is -2.84. The van der Waals surface area contributed by atoms with Crippen LogP contribution in [0.25, 0.3) is 21.6 Å². The van der Waals surface area contributed by atoms with Crippen molar-refractivity contribution in [3.8, 4) is 5.13 Å². The van der Waals surface area contributed by atoms with Gasteiger partial charge in [0.05, 0.1) is 12.1 Å². The molecule has 2 heterocycles. The second kappa shape index (κ2) is 5.99. The zero-order valence-electron chi connectivity index (χ0n) is 12.2. The number of carboxylic acids is 1. The molecule has 8 heteroatoms. The fourth-order valence-electron chi connectivity index (χ4n) is 2.35. The number of nitrogens with zero attached hydrogens (tertiary/aromatic N) is 2. The maximum absolute atomic E-state index is 14.3. The first-order valence-corrected chi connectivity index (χ1v) is 7.63. The van der Waals surface area contributed by atoms with E-state index in [0.717, 1.165) is 12.3 Å². The van der Waals surface area contributed by atoms with Crippen LogP contribution in [-0.2, 0) is 0 Å². The van der Waals surface area contributed by atoms with Crippen molar-refractivity contribution < 1.29 is 19.4 Å². The summed E-state index contributed by atoms with van der Waals surface area (Å²) in [5.41, 5.74) is -0.783. The normalized spacial score (nSPS) is 10.9. The zero-order valence-corrected chi connectivity index (χ0v) is 13.0. The highest BCUT2D eigenvalue weighted by Crippen LogP contribution is 2.25. The highest BCUT2D eigenvalue weighted by atomic mass is 32.1. The molecule has 6 nitrogen and oxygen atoms in total. The minimum absolute atomic E-state index is 0.0535. The fourth-order valence-corrected chi connectivity index (χ4v) is 2.98. The fraction of sp³-hybridized carbons (Fsp3) is 0.0625. The maximum atomic E-state index is 14.3. The number of fused-ring (bicyclic) bond motifs is 1. The molecular weight excluding hydrogens is 335 g/mol.